The molecule has 1 aliphatic heterocycles. The maximum absolute atomic E-state index is 6.56. The van der Waals surface area contributed by atoms with Gasteiger partial charge in [-0.05, 0) is 40.4 Å². The molecule has 0 aromatic heterocycles. The highest BCUT2D eigenvalue weighted by Gasteiger charge is 2.30. The Labute approximate surface area is 153 Å². The molecule has 0 bridgehead atoms. The number of fused-ring (bicyclic) bond motifs is 1. The predicted molar refractivity (Wildman–Crippen MR) is 107 cm³/mol. The molecular formula is C24H32O. The summed E-state index contributed by atoms with van der Waals surface area (Å²) < 4.78 is 6.56. The molecule has 0 spiro atoms. The predicted octanol–water partition coefficient (Wildman–Crippen LogP) is 6.22. The monoisotopic (exact) mass is 336 g/mol. The van der Waals surface area contributed by atoms with Gasteiger partial charge in [0, 0.05) is 12.0 Å². The fourth-order valence-corrected chi connectivity index (χ4v) is 3.57. The summed E-state index contributed by atoms with van der Waals surface area (Å²) in [4.78, 5) is 0. The number of ether oxygens (including phenoxy) is 1. The molecule has 1 heteroatoms. The van der Waals surface area contributed by atoms with Crippen molar-refractivity contribution in [1.82, 2.24) is 0 Å². The molecular weight excluding hydrogens is 304 g/mol. The van der Waals surface area contributed by atoms with Crippen LogP contribution in [0.25, 0.3) is 0 Å². The normalized spacial score (nSPS) is 17.8. The minimum atomic E-state index is 0.0833. The van der Waals surface area contributed by atoms with Crippen molar-refractivity contribution in [3.63, 3.8) is 0 Å². The van der Waals surface area contributed by atoms with Crippen LogP contribution in [-0.2, 0) is 23.7 Å². The van der Waals surface area contributed by atoms with Gasteiger partial charge in [-0.25, -0.2) is 0 Å². The van der Waals surface area contributed by atoms with Gasteiger partial charge in [0.1, 0.15) is 11.9 Å². The molecule has 2 aromatic carbocycles. The van der Waals surface area contributed by atoms with Gasteiger partial charge in [0.2, 0.25) is 0 Å². The van der Waals surface area contributed by atoms with Crippen molar-refractivity contribution in [3.05, 3.63) is 64.7 Å². The lowest BCUT2D eigenvalue weighted by molar-refractivity contribution is 0.169. The molecule has 1 atom stereocenters. The summed E-state index contributed by atoms with van der Waals surface area (Å²) in [7, 11) is 0. The van der Waals surface area contributed by atoms with Crippen LogP contribution < -0.4 is 4.74 Å². The van der Waals surface area contributed by atoms with Crippen molar-refractivity contribution >= 4 is 0 Å². The molecule has 25 heavy (non-hydrogen) atoms. The molecule has 0 N–H and O–H groups in total. The molecule has 0 unspecified atom stereocenters. The fraction of sp³-hybridized carbons (Fsp3) is 0.500. The fourth-order valence-electron chi connectivity index (χ4n) is 3.57. The highest BCUT2D eigenvalue weighted by Crippen LogP contribution is 2.41. The Hall–Kier alpha value is -1.76. The summed E-state index contributed by atoms with van der Waals surface area (Å²) in [6, 6.07) is 15.5. The van der Waals surface area contributed by atoms with Gasteiger partial charge in [0.15, 0.2) is 0 Å². The van der Waals surface area contributed by atoms with E-state index in [9.17, 15) is 0 Å². The van der Waals surface area contributed by atoms with Gasteiger partial charge >= 0.3 is 0 Å². The average molecular weight is 337 g/mol. The largest absolute Gasteiger partial charge is 0.489 e. The Morgan fingerprint density at radius 2 is 1.60 bits per heavy atom. The Morgan fingerprint density at radius 1 is 0.920 bits per heavy atom. The van der Waals surface area contributed by atoms with Crippen LogP contribution in [0.2, 0.25) is 0 Å². The van der Waals surface area contributed by atoms with Crippen molar-refractivity contribution in [2.75, 3.05) is 0 Å². The molecule has 134 valence electrons. The zero-order valence-electron chi connectivity index (χ0n) is 16.6. The van der Waals surface area contributed by atoms with Gasteiger partial charge < -0.3 is 4.74 Å². The molecule has 0 aliphatic carbocycles. The highest BCUT2D eigenvalue weighted by molar-refractivity contribution is 5.50. The number of hydrogen-bond acceptors (Lipinski definition) is 1. The lowest BCUT2D eigenvalue weighted by Gasteiger charge is -2.34. The van der Waals surface area contributed by atoms with E-state index in [0.29, 0.717) is 0 Å². The third kappa shape index (κ3) is 4.08. The second-order valence-electron chi connectivity index (χ2n) is 9.48. The third-order valence-corrected chi connectivity index (χ3v) is 5.17. The Bertz CT molecular complexity index is 729. The van der Waals surface area contributed by atoms with E-state index in [1.165, 1.54) is 22.3 Å². The van der Waals surface area contributed by atoms with Crippen LogP contribution in [0.1, 0.15) is 70.2 Å². The van der Waals surface area contributed by atoms with Crippen LogP contribution in [0.15, 0.2) is 42.5 Å². The van der Waals surface area contributed by atoms with Crippen LogP contribution in [0.4, 0.5) is 0 Å². The van der Waals surface area contributed by atoms with Crippen molar-refractivity contribution in [1.29, 1.82) is 0 Å². The van der Waals surface area contributed by atoms with E-state index in [1.807, 2.05) is 0 Å². The van der Waals surface area contributed by atoms with E-state index in [1.54, 1.807) is 0 Å². The first kappa shape index (κ1) is 18.0. The summed E-state index contributed by atoms with van der Waals surface area (Å²) in [6.07, 6.45) is 3.47. The molecule has 1 heterocycles. The van der Waals surface area contributed by atoms with Gasteiger partial charge in [-0.3, -0.25) is 0 Å². The minimum Gasteiger partial charge on any atom is -0.489 e. The molecule has 0 fully saturated rings. The highest BCUT2D eigenvalue weighted by atomic mass is 16.5. The second-order valence-corrected chi connectivity index (χ2v) is 9.48. The van der Waals surface area contributed by atoms with Crippen LogP contribution in [0.3, 0.4) is 0 Å². The van der Waals surface area contributed by atoms with E-state index in [-0.39, 0.29) is 16.9 Å². The average Bonchev–Trinajstić information content (AvgIpc) is 2.53. The number of benzene rings is 2. The summed E-state index contributed by atoms with van der Waals surface area (Å²) in [6.45, 7) is 13.8. The topological polar surface area (TPSA) is 9.23 Å². The van der Waals surface area contributed by atoms with Gasteiger partial charge in [-0.1, -0.05) is 84.0 Å². The molecule has 3 rings (SSSR count). The SMILES string of the molecule is CC(C)(C)c1cc2c(c(C(C)(C)C)c1)O[C@@H](Cc1ccccc1)CC2. The maximum atomic E-state index is 6.56. The summed E-state index contributed by atoms with van der Waals surface area (Å²) >= 11 is 0. The van der Waals surface area contributed by atoms with Crippen LogP contribution in [-0.4, -0.2) is 6.10 Å². The molecule has 0 amide bonds. The third-order valence-electron chi connectivity index (χ3n) is 5.17. The maximum Gasteiger partial charge on any atom is 0.126 e. The van der Waals surface area contributed by atoms with Crippen molar-refractivity contribution < 1.29 is 4.74 Å². The molecule has 2 aromatic rings. The van der Waals surface area contributed by atoms with Crippen molar-refractivity contribution in [2.24, 2.45) is 0 Å². The first-order valence-electron chi connectivity index (χ1n) is 9.53. The molecule has 1 nitrogen and oxygen atoms in total. The Morgan fingerprint density at radius 3 is 2.20 bits per heavy atom. The minimum absolute atomic E-state index is 0.0833. The number of hydrogen-bond donors (Lipinski definition) is 0. The van der Waals surface area contributed by atoms with Crippen LogP contribution in [0, 0.1) is 0 Å². The Balaban J connectivity index is 1.95. The molecule has 1 aliphatic rings. The first-order valence-corrected chi connectivity index (χ1v) is 9.53. The number of rotatable bonds is 2. The lowest BCUT2D eigenvalue weighted by Crippen LogP contribution is -2.28. The van der Waals surface area contributed by atoms with Crippen molar-refractivity contribution in [3.8, 4) is 5.75 Å². The van der Waals surface area contributed by atoms with Crippen LogP contribution in [0.5, 0.6) is 5.75 Å². The van der Waals surface area contributed by atoms with Gasteiger partial charge in [-0.2, -0.15) is 0 Å². The smallest absolute Gasteiger partial charge is 0.126 e. The zero-order chi connectivity index (χ0) is 18.2. The van der Waals surface area contributed by atoms with E-state index in [2.05, 4.69) is 84.0 Å². The van der Waals surface area contributed by atoms with Gasteiger partial charge in [0.25, 0.3) is 0 Å². The molecule has 0 saturated heterocycles. The van der Waals surface area contributed by atoms with E-state index >= 15 is 0 Å². The van der Waals surface area contributed by atoms with E-state index < -0.39 is 0 Å². The summed E-state index contributed by atoms with van der Waals surface area (Å²) in [5, 5.41) is 0. The standard InChI is InChI=1S/C24H32O/c1-23(2,3)19-15-18-12-13-20(14-17-10-8-7-9-11-17)25-22(18)21(16-19)24(4,5)6/h7-11,15-16,20H,12-14H2,1-6H3/t20-/m1/s1. The number of aryl methyl sites for hydroxylation is 1. The van der Waals surface area contributed by atoms with E-state index in [4.69, 9.17) is 4.74 Å². The van der Waals surface area contributed by atoms with E-state index in [0.717, 1.165) is 25.0 Å². The lowest BCUT2D eigenvalue weighted by atomic mass is 9.77. The van der Waals surface area contributed by atoms with Gasteiger partial charge in [0.05, 0.1) is 0 Å². The summed E-state index contributed by atoms with van der Waals surface area (Å²) in [5.41, 5.74) is 5.77. The Kier molecular flexibility index (Phi) is 4.70. The molecule has 0 saturated carbocycles. The zero-order valence-corrected chi connectivity index (χ0v) is 16.6. The molecule has 0 radical (unpaired) electrons. The van der Waals surface area contributed by atoms with Crippen LogP contribution >= 0.6 is 0 Å². The van der Waals surface area contributed by atoms with Crippen molar-refractivity contribution in [2.45, 2.75) is 77.7 Å². The van der Waals surface area contributed by atoms with Gasteiger partial charge in [-0.15, -0.1) is 0 Å². The summed E-state index contributed by atoms with van der Waals surface area (Å²) in [5.74, 6) is 1.15. The second kappa shape index (κ2) is 6.52. The quantitative estimate of drug-likeness (QED) is 0.633. The first-order chi connectivity index (χ1) is 11.6.